The third-order valence-corrected chi connectivity index (χ3v) is 2.59. The van der Waals surface area contributed by atoms with E-state index >= 15 is 0 Å². The van der Waals surface area contributed by atoms with Crippen LogP contribution in [0, 0.1) is 17.0 Å². The van der Waals surface area contributed by atoms with Crippen molar-refractivity contribution in [3.63, 3.8) is 0 Å². The van der Waals surface area contributed by atoms with Gasteiger partial charge in [0.1, 0.15) is 11.5 Å². The van der Waals surface area contributed by atoms with Crippen LogP contribution in [0.15, 0.2) is 42.5 Å². The van der Waals surface area contributed by atoms with Crippen LogP contribution in [-0.2, 0) is 0 Å². The lowest BCUT2D eigenvalue weighted by molar-refractivity contribution is -0.385. The van der Waals surface area contributed by atoms with Crippen LogP contribution in [0.25, 0.3) is 0 Å². The van der Waals surface area contributed by atoms with E-state index in [0.717, 1.165) is 0 Å². The first-order valence-electron chi connectivity index (χ1n) is 5.36. The molecule has 0 aromatic heterocycles. The van der Waals surface area contributed by atoms with E-state index in [1.165, 1.54) is 6.07 Å². The zero-order chi connectivity index (χ0) is 13.1. The minimum atomic E-state index is -0.434. The Labute approximate surface area is 104 Å². The van der Waals surface area contributed by atoms with Gasteiger partial charge in [-0.15, -0.1) is 0 Å². The van der Waals surface area contributed by atoms with E-state index in [-0.39, 0.29) is 5.69 Å². The summed E-state index contributed by atoms with van der Waals surface area (Å²) >= 11 is 0. The molecule has 5 heteroatoms. The molecule has 0 saturated carbocycles. The molecular weight excluding hydrogens is 232 g/mol. The van der Waals surface area contributed by atoms with Gasteiger partial charge in [-0.25, -0.2) is 0 Å². The first kappa shape index (κ1) is 11.9. The Morgan fingerprint density at radius 3 is 2.44 bits per heavy atom. The normalized spacial score (nSPS) is 10.1. The van der Waals surface area contributed by atoms with Crippen LogP contribution >= 0.6 is 0 Å². The highest BCUT2D eigenvalue weighted by molar-refractivity contribution is 5.56. The maximum absolute atomic E-state index is 10.8. The summed E-state index contributed by atoms with van der Waals surface area (Å²) in [6, 6.07) is 11.7. The van der Waals surface area contributed by atoms with Gasteiger partial charge in [0.2, 0.25) is 0 Å². The van der Waals surface area contributed by atoms with E-state index in [9.17, 15) is 10.1 Å². The molecule has 0 radical (unpaired) electrons. The van der Waals surface area contributed by atoms with Crippen molar-refractivity contribution in [2.24, 2.45) is 0 Å². The van der Waals surface area contributed by atoms with E-state index < -0.39 is 4.92 Å². The smallest absolute Gasteiger partial charge is 0.276 e. The van der Waals surface area contributed by atoms with Crippen molar-refractivity contribution in [1.82, 2.24) is 0 Å². The first-order chi connectivity index (χ1) is 8.59. The molecule has 2 N–H and O–H groups in total. The Morgan fingerprint density at radius 2 is 1.78 bits per heavy atom. The zero-order valence-corrected chi connectivity index (χ0v) is 9.79. The molecule has 0 aliphatic carbocycles. The summed E-state index contributed by atoms with van der Waals surface area (Å²) in [6.45, 7) is 1.65. The summed E-state index contributed by atoms with van der Waals surface area (Å²) in [5.41, 5.74) is 6.75. The Kier molecular flexibility index (Phi) is 3.14. The lowest BCUT2D eigenvalue weighted by Gasteiger charge is -2.10. The number of ether oxygens (including phenoxy) is 1. The summed E-state index contributed by atoms with van der Waals surface area (Å²) in [5, 5.41) is 10.8. The quantitative estimate of drug-likeness (QED) is 0.510. The number of nitro groups is 1. The second-order valence-corrected chi connectivity index (χ2v) is 3.80. The minimum absolute atomic E-state index is 0.0296. The monoisotopic (exact) mass is 244 g/mol. The minimum Gasteiger partial charge on any atom is -0.455 e. The molecule has 0 spiro atoms. The number of hydrogen-bond acceptors (Lipinski definition) is 4. The summed E-state index contributed by atoms with van der Waals surface area (Å²) in [4.78, 5) is 10.4. The number of anilines is 1. The van der Waals surface area contributed by atoms with Crippen molar-refractivity contribution < 1.29 is 9.66 Å². The van der Waals surface area contributed by atoms with Gasteiger partial charge in [-0.1, -0.05) is 18.2 Å². The van der Waals surface area contributed by atoms with E-state index in [1.807, 2.05) is 0 Å². The Morgan fingerprint density at radius 1 is 1.11 bits per heavy atom. The molecule has 0 fully saturated rings. The van der Waals surface area contributed by atoms with Crippen molar-refractivity contribution in [3.05, 3.63) is 58.1 Å². The van der Waals surface area contributed by atoms with E-state index in [4.69, 9.17) is 10.5 Å². The molecule has 92 valence electrons. The average Bonchev–Trinajstić information content (AvgIpc) is 2.34. The van der Waals surface area contributed by atoms with E-state index in [1.54, 1.807) is 43.3 Å². The number of benzene rings is 2. The molecule has 2 aromatic carbocycles. The molecule has 5 nitrogen and oxygen atoms in total. The van der Waals surface area contributed by atoms with Crippen molar-refractivity contribution >= 4 is 11.4 Å². The summed E-state index contributed by atoms with van der Waals surface area (Å²) in [6.07, 6.45) is 0. The number of nitrogens with two attached hydrogens (primary N) is 1. The van der Waals surface area contributed by atoms with Crippen LogP contribution in [0.2, 0.25) is 0 Å². The lowest BCUT2D eigenvalue weighted by atomic mass is 10.2. The van der Waals surface area contributed by atoms with Crippen LogP contribution in [0.5, 0.6) is 11.5 Å². The van der Waals surface area contributed by atoms with Gasteiger partial charge in [0.15, 0.2) is 0 Å². The van der Waals surface area contributed by atoms with Gasteiger partial charge in [-0.2, -0.15) is 0 Å². The van der Waals surface area contributed by atoms with Crippen LogP contribution < -0.4 is 10.5 Å². The largest absolute Gasteiger partial charge is 0.455 e. The second-order valence-electron chi connectivity index (χ2n) is 3.80. The first-order valence-corrected chi connectivity index (χ1v) is 5.36. The second kappa shape index (κ2) is 4.75. The number of nitro benzene ring substituents is 1. The SMILES string of the molecule is Cc1c(Oc2ccccc2N)cccc1[N+](=O)[O-]. The average molecular weight is 244 g/mol. The molecular formula is C13H12N2O3. The molecule has 0 amide bonds. The maximum Gasteiger partial charge on any atom is 0.276 e. The van der Waals surface area contributed by atoms with Gasteiger partial charge in [-0.05, 0) is 25.1 Å². The summed E-state index contributed by atoms with van der Waals surface area (Å²) in [5.74, 6) is 0.920. The number of nitrogen functional groups attached to an aromatic ring is 1. The van der Waals surface area contributed by atoms with Crippen molar-refractivity contribution in [1.29, 1.82) is 0 Å². The number of hydrogen-bond donors (Lipinski definition) is 1. The molecule has 2 aromatic rings. The third kappa shape index (κ3) is 2.24. The van der Waals surface area contributed by atoms with Gasteiger partial charge in [0.25, 0.3) is 5.69 Å². The molecule has 0 atom stereocenters. The predicted molar refractivity (Wildman–Crippen MR) is 68.8 cm³/mol. The van der Waals surface area contributed by atoms with Gasteiger partial charge >= 0.3 is 0 Å². The highest BCUT2D eigenvalue weighted by Crippen LogP contribution is 2.33. The highest BCUT2D eigenvalue weighted by atomic mass is 16.6. The van der Waals surface area contributed by atoms with Crippen LogP contribution in [0.4, 0.5) is 11.4 Å². The van der Waals surface area contributed by atoms with Crippen molar-refractivity contribution in [2.75, 3.05) is 5.73 Å². The van der Waals surface area contributed by atoms with Crippen molar-refractivity contribution in [3.8, 4) is 11.5 Å². The van der Waals surface area contributed by atoms with Gasteiger partial charge in [-0.3, -0.25) is 10.1 Å². The van der Waals surface area contributed by atoms with E-state index in [2.05, 4.69) is 0 Å². The molecule has 0 heterocycles. The molecule has 2 rings (SSSR count). The van der Waals surface area contributed by atoms with E-state index in [0.29, 0.717) is 22.7 Å². The van der Waals surface area contributed by atoms with Gasteiger partial charge < -0.3 is 10.5 Å². The highest BCUT2D eigenvalue weighted by Gasteiger charge is 2.15. The number of rotatable bonds is 3. The van der Waals surface area contributed by atoms with Crippen LogP contribution in [0.3, 0.4) is 0 Å². The fraction of sp³-hybridized carbons (Fsp3) is 0.0769. The zero-order valence-electron chi connectivity index (χ0n) is 9.79. The molecule has 0 aliphatic heterocycles. The lowest BCUT2D eigenvalue weighted by Crippen LogP contribution is -1.96. The molecule has 18 heavy (non-hydrogen) atoms. The molecule has 0 aliphatic rings. The fourth-order valence-electron chi connectivity index (χ4n) is 1.60. The van der Waals surface area contributed by atoms with Crippen molar-refractivity contribution in [2.45, 2.75) is 6.92 Å². The summed E-state index contributed by atoms with van der Waals surface area (Å²) < 4.78 is 5.60. The Bertz CT molecular complexity index is 597. The Hall–Kier alpha value is -2.56. The third-order valence-electron chi connectivity index (χ3n) is 2.59. The topological polar surface area (TPSA) is 78.4 Å². The van der Waals surface area contributed by atoms with Gasteiger partial charge in [0, 0.05) is 6.07 Å². The molecule has 0 saturated heterocycles. The summed E-state index contributed by atoms with van der Waals surface area (Å²) in [7, 11) is 0. The molecule has 0 bridgehead atoms. The number of para-hydroxylation sites is 2. The number of nitrogens with zero attached hydrogens (tertiary/aromatic N) is 1. The van der Waals surface area contributed by atoms with Crippen LogP contribution in [0.1, 0.15) is 5.56 Å². The fourth-order valence-corrected chi connectivity index (χ4v) is 1.60. The maximum atomic E-state index is 10.8. The van der Waals surface area contributed by atoms with Crippen LogP contribution in [-0.4, -0.2) is 4.92 Å². The standard InChI is InChI=1S/C13H12N2O3/c1-9-11(15(16)17)6-4-8-12(9)18-13-7-3-2-5-10(13)14/h2-8H,14H2,1H3. The Balaban J connectivity index is 2.39. The predicted octanol–water partition coefficient (Wildman–Crippen LogP) is 3.28. The molecule has 0 unspecified atom stereocenters. The van der Waals surface area contributed by atoms with Gasteiger partial charge in [0.05, 0.1) is 16.2 Å².